The number of hydrogen-bond donors (Lipinski definition) is 0. The van der Waals surface area contributed by atoms with E-state index in [1.54, 1.807) is 0 Å². The standard InChI is InChI=1S/C10H18F6O2Si/c1-7(2,3)17-8(9(11,12)13,10(14,15)16)18-19(4,5)6/h1-6H3. The average molecular weight is 312 g/mol. The molecule has 0 aliphatic heterocycles. The number of halogens is 6. The molecule has 0 saturated heterocycles. The van der Waals surface area contributed by atoms with Crippen LogP contribution in [-0.4, -0.2) is 32.1 Å². The van der Waals surface area contributed by atoms with Crippen molar-refractivity contribution in [2.75, 3.05) is 0 Å². The first-order valence-electron chi connectivity index (χ1n) is 5.45. The van der Waals surface area contributed by atoms with Crippen molar-refractivity contribution in [1.82, 2.24) is 0 Å². The molecule has 9 heteroatoms. The summed E-state index contributed by atoms with van der Waals surface area (Å²) >= 11 is 0. The van der Waals surface area contributed by atoms with E-state index in [-0.39, 0.29) is 0 Å². The van der Waals surface area contributed by atoms with Gasteiger partial charge >= 0.3 is 18.1 Å². The van der Waals surface area contributed by atoms with Crippen LogP contribution < -0.4 is 0 Å². The third-order valence-electron chi connectivity index (χ3n) is 1.65. The Hall–Kier alpha value is -0.283. The fourth-order valence-electron chi connectivity index (χ4n) is 1.28. The predicted molar refractivity (Wildman–Crippen MR) is 60.1 cm³/mol. The van der Waals surface area contributed by atoms with Crippen molar-refractivity contribution < 1.29 is 35.5 Å². The zero-order chi connectivity index (χ0) is 15.9. The molecule has 0 atom stereocenters. The molecule has 0 N–H and O–H groups in total. The lowest BCUT2D eigenvalue weighted by atomic mass is 10.1. The van der Waals surface area contributed by atoms with Crippen LogP contribution in [0.15, 0.2) is 0 Å². The normalized spacial score (nSPS) is 15.8. The zero-order valence-corrected chi connectivity index (χ0v) is 12.6. The van der Waals surface area contributed by atoms with Gasteiger partial charge in [0, 0.05) is 0 Å². The molecule has 0 fully saturated rings. The van der Waals surface area contributed by atoms with E-state index in [2.05, 4.69) is 9.16 Å². The number of alkyl halides is 6. The van der Waals surface area contributed by atoms with Crippen LogP contribution in [0.4, 0.5) is 26.3 Å². The van der Waals surface area contributed by atoms with Crippen LogP contribution in [0.3, 0.4) is 0 Å². The molecule has 0 aliphatic carbocycles. The third-order valence-corrected chi connectivity index (χ3v) is 2.55. The Bertz CT molecular complexity index is 278. The third kappa shape index (κ3) is 4.96. The largest absolute Gasteiger partial charge is 0.452 e. The summed E-state index contributed by atoms with van der Waals surface area (Å²) in [6, 6.07) is 0. The molecule has 0 aromatic rings. The number of hydrogen-bond acceptors (Lipinski definition) is 2. The van der Waals surface area contributed by atoms with Crippen molar-refractivity contribution in [3.8, 4) is 0 Å². The van der Waals surface area contributed by atoms with Gasteiger partial charge in [0.15, 0.2) is 8.32 Å². The number of ether oxygens (including phenoxy) is 1. The van der Waals surface area contributed by atoms with Gasteiger partial charge in [0.25, 0.3) is 0 Å². The summed E-state index contributed by atoms with van der Waals surface area (Å²) in [6.45, 7) is 6.99. The first-order chi connectivity index (χ1) is 7.91. The summed E-state index contributed by atoms with van der Waals surface area (Å²) in [4.78, 5) is 0. The Morgan fingerprint density at radius 2 is 1.05 bits per heavy atom. The molecular weight excluding hydrogens is 294 g/mol. The van der Waals surface area contributed by atoms with Gasteiger partial charge in [-0.05, 0) is 40.4 Å². The van der Waals surface area contributed by atoms with Gasteiger partial charge in [-0.15, -0.1) is 0 Å². The van der Waals surface area contributed by atoms with E-state index in [0.29, 0.717) is 0 Å². The molecule has 116 valence electrons. The van der Waals surface area contributed by atoms with Crippen molar-refractivity contribution in [3.63, 3.8) is 0 Å². The van der Waals surface area contributed by atoms with E-state index in [1.807, 2.05) is 0 Å². The average Bonchev–Trinajstić information content (AvgIpc) is 1.91. The maximum absolute atomic E-state index is 13.0. The molecule has 0 bridgehead atoms. The highest BCUT2D eigenvalue weighted by molar-refractivity contribution is 6.69. The first kappa shape index (κ1) is 18.7. The second kappa shape index (κ2) is 4.92. The lowest BCUT2D eigenvalue weighted by Gasteiger charge is -2.44. The first-order valence-corrected chi connectivity index (χ1v) is 8.86. The minimum Gasteiger partial charge on any atom is -0.377 e. The Balaban J connectivity index is 5.91. The molecule has 0 amide bonds. The summed E-state index contributed by atoms with van der Waals surface area (Å²) in [7, 11) is -3.18. The molecule has 0 rings (SSSR count). The van der Waals surface area contributed by atoms with Crippen LogP contribution in [-0.2, 0) is 9.16 Å². The Morgan fingerprint density at radius 1 is 0.737 bits per heavy atom. The molecule has 0 spiro atoms. The summed E-state index contributed by atoms with van der Waals surface area (Å²) in [5, 5.41) is 0. The van der Waals surface area contributed by atoms with Crippen molar-refractivity contribution >= 4 is 8.32 Å². The van der Waals surface area contributed by atoms with Crippen molar-refractivity contribution in [2.24, 2.45) is 0 Å². The maximum atomic E-state index is 13.0. The molecule has 0 unspecified atom stereocenters. The minimum absolute atomic E-state index is 1.10. The van der Waals surface area contributed by atoms with Gasteiger partial charge < -0.3 is 9.16 Å². The highest BCUT2D eigenvalue weighted by Gasteiger charge is 2.76. The Kier molecular flexibility index (Phi) is 4.85. The van der Waals surface area contributed by atoms with Gasteiger partial charge in [-0.25, -0.2) is 0 Å². The molecule has 0 radical (unpaired) electrons. The Morgan fingerprint density at radius 3 is 1.21 bits per heavy atom. The van der Waals surface area contributed by atoms with Crippen molar-refractivity contribution in [2.45, 2.75) is 64.2 Å². The zero-order valence-electron chi connectivity index (χ0n) is 11.6. The van der Waals surface area contributed by atoms with E-state index in [9.17, 15) is 26.3 Å². The van der Waals surface area contributed by atoms with Crippen molar-refractivity contribution in [1.29, 1.82) is 0 Å². The molecule has 0 aromatic carbocycles. The predicted octanol–water partition coefficient (Wildman–Crippen LogP) is 4.47. The summed E-state index contributed by atoms with van der Waals surface area (Å²) in [6.07, 6.45) is -11.4. The summed E-state index contributed by atoms with van der Waals surface area (Å²) in [5.41, 5.74) is -1.68. The van der Waals surface area contributed by atoms with E-state index < -0.39 is 32.1 Å². The van der Waals surface area contributed by atoms with E-state index in [4.69, 9.17) is 0 Å². The topological polar surface area (TPSA) is 18.5 Å². The lowest BCUT2D eigenvalue weighted by Crippen LogP contribution is -2.66. The van der Waals surface area contributed by atoms with Gasteiger partial charge in [-0.2, -0.15) is 26.3 Å². The van der Waals surface area contributed by atoms with Gasteiger partial charge in [0.05, 0.1) is 5.60 Å². The second-order valence-corrected chi connectivity index (χ2v) is 10.5. The molecule has 0 saturated carbocycles. The van der Waals surface area contributed by atoms with Crippen LogP contribution in [0.2, 0.25) is 19.6 Å². The Labute approximate surface area is 109 Å². The van der Waals surface area contributed by atoms with E-state index in [1.165, 1.54) is 19.6 Å². The fourth-order valence-corrected chi connectivity index (χ4v) is 2.41. The fraction of sp³-hybridized carbons (Fsp3) is 1.00. The summed E-state index contributed by atoms with van der Waals surface area (Å²) in [5.74, 6) is -4.59. The van der Waals surface area contributed by atoms with E-state index in [0.717, 1.165) is 20.8 Å². The second-order valence-electron chi connectivity index (χ2n) is 6.04. The molecule has 0 heterocycles. The lowest BCUT2D eigenvalue weighted by molar-refractivity contribution is -0.465. The molecule has 19 heavy (non-hydrogen) atoms. The highest BCUT2D eigenvalue weighted by Crippen LogP contribution is 2.49. The van der Waals surface area contributed by atoms with Gasteiger partial charge in [0.1, 0.15) is 0 Å². The van der Waals surface area contributed by atoms with Gasteiger partial charge in [0.2, 0.25) is 0 Å². The van der Waals surface area contributed by atoms with Crippen LogP contribution in [0.25, 0.3) is 0 Å². The van der Waals surface area contributed by atoms with Crippen LogP contribution in [0.5, 0.6) is 0 Å². The van der Waals surface area contributed by atoms with Crippen LogP contribution in [0.1, 0.15) is 20.8 Å². The molecule has 2 nitrogen and oxygen atoms in total. The van der Waals surface area contributed by atoms with Gasteiger partial charge in [-0.1, -0.05) is 0 Å². The monoisotopic (exact) mass is 312 g/mol. The van der Waals surface area contributed by atoms with Crippen molar-refractivity contribution in [3.05, 3.63) is 0 Å². The maximum Gasteiger partial charge on any atom is 0.452 e. The summed E-state index contributed by atoms with van der Waals surface area (Å²) < 4.78 is 86.6. The number of rotatable bonds is 3. The quantitative estimate of drug-likeness (QED) is 0.435. The minimum atomic E-state index is -5.72. The highest BCUT2D eigenvalue weighted by atomic mass is 28.4. The van der Waals surface area contributed by atoms with Gasteiger partial charge in [-0.3, -0.25) is 0 Å². The SMILES string of the molecule is CC(C)(C)OC(O[Si](C)(C)C)(C(F)(F)F)C(F)(F)F. The van der Waals surface area contributed by atoms with Crippen LogP contribution >= 0.6 is 0 Å². The smallest absolute Gasteiger partial charge is 0.377 e. The molecule has 0 aliphatic rings. The van der Waals surface area contributed by atoms with Crippen LogP contribution in [0, 0.1) is 0 Å². The van der Waals surface area contributed by atoms with E-state index >= 15 is 0 Å². The molecular formula is C10H18F6O2Si. The molecule has 0 aromatic heterocycles.